The van der Waals surface area contributed by atoms with Crippen molar-refractivity contribution in [1.29, 1.82) is 0 Å². The van der Waals surface area contributed by atoms with E-state index >= 15 is 0 Å². The van der Waals surface area contributed by atoms with E-state index in [-0.39, 0.29) is 12.6 Å². The number of aryl methyl sites for hydroxylation is 1. The number of hydrogen-bond donors (Lipinski definition) is 1. The number of benzene rings is 1. The number of nitrogens with zero attached hydrogens (tertiary/aromatic N) is 1. The summed E-state index contributed by atoms with van der Waals surface area (Å²) in [6.07, 6.45) is 0. The molecule has 1 N–H and O–H groups in total. The minimum absolute atomic E-state index is 0.0640. The van der Waals surface area contributed by atoms with E-state index in [0.29, 0.717) is 12.3 Å². The van der Waals surface area contributed by atoms with Gasteiger partial charge in [-0.15, -0.1) is 0 Å². The van der Waals surface area contributed by atoms with Crippen LogP contribution < -0.4 is 5.32 Å². The minimum atomic E-state index is -0.417. The molecule has 0 aliphatic carbocycles. The summed E-state index contributed by atoms with van der Waals surface area (Å²) in [5.74, 6) is -0.417. The third-order valence-corrected chi connectivity index (χ3v) is 2.29. The predicted octanol–water partition coefficient (Wildman–Crippen LogP) is 2.02. The predicted molar refractivity (Wildman–Crippen MR) is 69.5 cm³/mol. The molecule has 1 rings (SSSR count). The molecule has 1 aromatic rings. The van der Waals surface area contributed by atoms with Crippen molar-refractivity contribution in [3.8, 4) is 0 Å². The van der Waals surface area contributed by atoms with Gasteiger partial charge >= 0.3 is 12.0 Å². The van der Waals surface area contributed by atoms with Gasteiger partial charge in [0.05, 0.1) is 6.61 Å². The molecule has 5 heteroatoms. The lowest BCUT2D eigenvalue weighted by Gasteiger charge is -2.17. The monoisotopic (exact) mass is 250 g/mol. The van der Waals surface area contributed by atoms with Crippen LogP contribution in [-0.2, 0) is 9.53 Å². The Morgan fingerprint density at radius 3 is 2.72 bits per heavy atom. The molecule has 0 unspecified atom stereocenters. The third kappa shape index (κ3) is 4.45. The zero-order valence-corrected chi connectivity index (χ0v) is 10.9. The van der Waals surface area contributed by atoms with E-state index in [1.807, 2.05) is 25.1 Å². The van der Waals surface area contributed by atoms with Crippen LogP contribution in [0.2, 0.25) is 0 Å². The van der Waals surface area contributed by atoms with Crippen molar-refractivity contribution in [2.24, 2.45) is 0 Å². The number of amides is 2. The molecule has 1 aromatic carbocycles. The molecule has 0 aliphatic rings. The minimum Gasteiger partial charge on any atom is -0.465 e. The maximum absolute atomic E-state index is 11.8. The first-order valence-electron chi connectivity index (χ1n) is 5.77. The van der Waals surface area contributed by atoms with Crippen LogP contribution in [-0.4, -0.2) is 37.1 Å². The Balaban J connectivity index is 2.52. The first kappa shape index (κ1) is 14.0. The fourth-order valence-corrected chi connectivity index (χ4v) is 1.41. The first-order chi connectivity index (χ1) is 8.52. The van der Waals surface area contributed by atoms with Crippen molar-refractivity contribution in [3.05, 3.63) is 29.8 Å². The Morgan fingerprint density at radius 2 is 2.11 bits per heavy atom. The Kier molecular flexibility index (Phi) is 5.17. The third-order valence-electron chi connectivity index (χ3n) is 2.29. The highest BCUT2D eigenvalue weighted by atomic mass is 16.5. The van der Waals surface area contributed by atoms with Crippen molar-refractivity contribution >= 4 is 17.7 Å². The summed E-state index contributed by atoms with van der Waals surface area (Å²) in [6.45, 7) is 3.92. The summed E-state index contributed by atoms with van der Waals surface area (Å²) in [6, 6.07) is 7.11. The highest BCUT2D eigenvalue weighted by Crippen LogP contribution is 2.09. The second-order valence-electron chi connectivity index (χ2n) is 3.96. The average Bonchev–Trinajstić information content (AvgIpc) is 2.29. The van der Waals surface area contributed by atoms with Crippen LogP contribution in [0.5, 0.6) is 0 Å². The Bertz CT molecular complexity index is 432. The number of rotatable bonds is 4. The smallest absolute Gasteiger partial charge is 0.325 e. The highest BCUT2D eigenvalue weighted by Gasteiger charge is 2.13. The van der Waals surface area contributed by atoms with Gasteiger partial charge in [-0.3, -0.25) is 4.79 Å². The number of likely N-dealkylation sites (N-methyl/N-ethyl adjacent to an activating group) is 1. The van der Waals surface area contributed by atoms with Crippen LogP contribution in [0.1, 0.15) is 12.5 Å². The lowest BCUT2D eigenvalue weighted by Crippen LogP contribution is -2.36. The van der Waals surface area contributed by atoms with Crippen LogP contribution in [0.4, 0.5) is 10.5 Å². The van der Waals surface area contributed by atoms with Crippen molar-refractivity contribution in [2.75, 3.05) is 25.5 Å². The molecule has 0 fully saturated rings. The standard InChI is InChI=1S/C13H18N2O3/c1-4-18-12(16)9-15(3)13(17)14-11-7-5-6-10(2)8-11/h5-8H,4,9H2,1-3H3,(H,14,17). The van der Waals surface area contributed by atoms with Crippen molar-refractivity contribution in [3.63, 3.8) is 0 Å². The fourth-order valence-electron chi connectivity index (χ4n) is 1.41. The SMILES string of the molecule is CCOC(=O)CN(C)C(=O)Nc1cccc(C)c1. The number of anilines is 1. The first-order valence-corrected chi connectivity index (χ1v) is 5.77. The number of esters is 1. The normalized spacial score (nSPS) is 9.72. The Hall–Kier alpha value is -2.04. The second-order valence-corrected chi connectivity index (χ2v) is 3.96. The number of hydrogen-bond acceptors (Lipinski definition) is 3. The van der Waals surface area contributed by atoms with Gasteiger partial charge in [0.15, 0.2) is 0 Å². The molecule has 5 nitrogen and oxygen atoms in total. The molecule has 0 aromatic heterocycles. The van der Waals surface area contributed by atoms with E-state index in [4.69, 9.17) is 4.74 Å². The van der Waals surface area contributed by atoms with Crippen LogP contribution in [0, 0.1) is 6.92 Å². The largest absolute Gasteiger partial charge is 0.465 e. The fraction of sp³-hybridized carbons (Fsp3) is 0.385. The second kappa shape index (κ2) is 6.64. The van der Waals surface area contributed by atoms with Crippen LogP contribution >= 0.6 is 0 Å². The molecule has 2 amide bonds. The molecule has 0 heterocycles. The van der Waals surface area contributed by atoms with Gasteiger partial charge in [0.25, 0.3) is 0 Å². The molecule has 0 saturated carbocycles. The maximum Gasteiger partial charge on any atom is 0.325 e. The average molecular weight is 250 g/mol. The number of urea groups is 1. The van der Waals surface area contributed by atoms with E-state index in [9.17, 15) is 9.59 Å². The van der Waals surface area contributed by atoms with Gasteiger partial charge in [-0.05, 0) is 31.5 Å². The van der Waals surface area contributed by atoms with Gasteiger partial charge in [0.2, 0.25) is 0 Å². The maximum atomic E-state index is 11.8. The van der Waals surface area contributed by atoms with Crippen molar-refractivity contribution < 1.29 is 14.3 Å². The molecule has 0 atom stereocenters. The van der Waals surface area contributed by atoms with Gasteiger partial charge in [-0.25, -0.2) is 4.79 Å². The lowest BCUT2D eigenvalue weighted by molar-refractivity contribution is -0.143. The molecule has 0 radical (unpaired) electrons. The van der Waals surface area contributed by atoms with E-state index in [1.54, 1.807) is 20.0 Å². The molecule has 0 aliphatic heterocycles. The van der Waals surface area contributed by atoms with Crippen LogP contribution in [0.15, 0.2) is 24.3 Å². The van der Waals surface area contributed by atoms with Crippen molar-refractivity contribution in [1.82, 2.24) is 4.90 Å². The number of carbonyl (C=O) groups is 2. The van der Waals surface area contributed by atoms with Crippen LogP contribution in [0.3, 0.4) is 0 Å². The summed E-state index contributed by atoms with van der Waals surface area (Å²) in [5, 5.41) is 2.71. The van der Waals surface area contributed by atoms with Crippen molar-refractivity contribution in [2.45, 2.75) is 13.8 Å². The summed E-state index contributed by atoms with van der Waals surface area (Å²) in [4.78, 5) is 24.3. The number of carbonyl (C=O) groups excluding carboxylic acids is 2. The molecule has 0 bridgehead atoms. The Morgan fingerprint density at radius 1 is 1.39 bits per heavy atom. The van der Waals surface area contributed by atoms with E-state index in [2.05, 4.69) is 5.32 Å². The molecule has 98 valence electrons. The highest BCUT2D eigenvalue weighted by molar-refractivity contribution is 5.91. The Labute approximate surface area is 107 Å². The summed E-state index contributed by atoms with van der Waals surface area (Å²) < 4.78 is 4.77. The van der Waals surface area contributed by atoms with Gasteiger partial charge in [0, 0.05) is 12.7 Å². The molecule has 18 heavy (non-hydrogen) atoms. The van der Waals surface area contributed by atoms with Gasteiger partial charge < -0.3 is 15.0 Å². The molecular weight excluding hydrogens is 232 g/mol. The number of ether oxygens (including phenoxy) is 1. The van der Waals surface area contributed by atoms with E-state index in [1.165, 1.54) is 4.90 Å². The molecular formula is C13H18N2O3. The summed E-state index contributed by atoms with van der Waals surface area (Å²) in [7, 11) is 1.54. The molecule has 0 spiro atoms. The zero-order chi connectivity index (χ0) is 13.5. The zero-order valence-electron chi connectivity index (χ0n) is 10.9. The van der Waals surface area contributed by atoms with E-state index in [0.717, 1.165) is 5.56 Å². The van der Waals surface area contributed by atoms with E-state index < -0.39 is 5.97 Å². The topological polar surface area (TPSA) is 58.6 Å². The molecule has 0 saturated heterocycles. The number of nitrogens with one attached hydrogen (secondary N) is 1. The van der Waals surface area contributed by atoms with Crippen LogP contribution in [0.25, 0.3) is 0 Å². The van der Waals surface area contributed by atoms with Gasteiger partial charge in [-0.2, -0.15) is 0 Å². The quantitative estimate of drug-likeness (QED) is 0.832. The lowest BCUT2D eigenvalue weighted by atomic mass is 10.2. The summed E-state index contributed by atoms with van der Waals surface area (Å²) >= 11 is 0. The summed E-state index contributed by atoms with van der Waals surface area (Å²) in [5.41, 5.74) is 1.76. The van der Waals surface area contributed by atoms with Gasteiger partial charge in [-0.1, -0.05) is 12.1 Å². The van der Waals surface area contributed by atoms with Gasteiger partial charge in [0.1, 0.15) is 6.54 Å².